The number of nitrogens with one attached hydrogen (secondary N) is 2. The molecule has 0 saturated carbocycles. The largest absolute Gasteiger partial charge is 0.368 e. The average Bonchev–Trinajstić information content (AvgIpc) is 3.35. The van der Waals surface area contributed by atoms with Crippen molar-refractivity contribution in [2.45, 2.75) is 38.1 Å². The van der Waals surface area contributed by atoms with E-state index in [0.717, 1.165) is 56.1 Å². The number of pyridine rings is 1. The van der Waals surface area contributed by atoms with Gasteiger partial charge in [-0.3, -0.25) is 4.79 Å². The van der Waals surface area contributed by atoms with Crippen molar-refractivity contribution in [2.24, 2.45) is 0 Å². The highest BCUT2D eigenvalue weighted by Crippen LogP contribution is 2.45. The van der Waals surface area contributed by atoms with Gasteiger partial charge in [0.05, 0.1) is 17.3 Å². The molecule has 2 atom stereocenters. The average molecular weight is 437 g/mol. The number of nitrogens with zero attached hydrogens (tertiary/aromatic N) is 6. The van der Waals surface area contributed by atoms with Crippen molar-refractivity contribution in [2.75, 3.05) is 61.4 Å². The molecule has 32 heavy (non-hydrogen) atoms. The lowest BCUT2D eigenvalue weighted by Gasteiger charge is -2.33. The summed E-state index contributed by atoms with van der Waals surface area (Å²) in [7, 11) is 2.16. The summed E-state index contributed by atoms with van der Waals surface area (Å²) in [6.45, 7) is 9.87. The first-order valence-electron chi connectivity index (χ1n) is 11.6. The van der Waals surface area contributed by atoms with Crippen LogP contribution in [0.4, 0.5) is 23.3 Å². The number of likely N-dealkylation sites (N-methyl/N-ethyl adjacent to an activating group) is 1. The zero-order chi connectivity index (χ0) is 22.3. The van der Waals surface area contributed by atoms with E-state index in [4.69, 9.17) is 4.98 Å². The monoisotopic (exact) mass is 436 g/mol. The van der Waals surface area contributed by atoms with Crippen LogP contribution >= 0.6 is 0 Å². The first kappa shape index (κ1) is 20.9. The fourth-order valence-corrected chi connectivity index (χ4v) is 4.93. The zero-order valence-electron chi connectivity index (χ0n) is 19.1. The van der Waals surface area contributed by atoms with Gasteiger partial charge in [0.1, 0.15) is 11.6 Å². The van der Waals surface area contributed by atoms with E-state index in [1.54, 1.807) is 0 Å². The van der Waals surface area contributed by atoms with Crippen molar-refractivity contribution >= 4 is 29.2 Å². The summed E-state index contributed by atoms with van der Waals surface area (Å²) >= 11 is 0. The minimum Gasteiger partial charge on any atom is -0.368 e. The second-order valence-electron chi connectivity index (χ2n) is 9.22. The molecule has 5 rings (SSSR count). The number of rotatable bonds is 5. The number of aromatic nitrogens is 3. The number of piperazine rings is 1. The Labute approximate surface area is 189 Å². The number of hydrogen-bond donors (Lipinski definition) is 2. The molecule has 1 amide bonds. The molecule has 2 aromatic heterocycles. The molecule has 9 heteroatoms. The van der Waals surface area contributed by atoms with Crippen LogP contribution in [0.1, 0.15) is 32.3 Å². The second-order valence-corrected chi connectivity index (χ2v) is 9.22. The number of amides is 1. The minimum atomic E-state index is -0.528. The molecule has 2 unspecified atom stereocenters. The third kappa shape index (κ3) is 3.54. The van der Waals surface area contributed by atoms with Crippen molar-refractivity contribution in [1.82, 2.24) is 25.2 Å². The Morgan fingerprint density at radius 1 is 1.19 bits per heavy atom. The first-order valence-corrected chi connectivity index (χ1v) is 11.6. The van der Waals surface area contributed by atoms with Gasteiger partial charge in [-0.15, -0.1) is 0 Å². The van der Waals surface area contributed by atoms with Crippen molar-refractivity contribution in [3.05, 3.63) is 30.1 Å². The van der Waals surface area contributed by atoms with E-state index in [0.29, 0.717) is 30.9 Å². The maximum Gasteiger partial charge on any atom is 0.232 e. The first-order chi connectivity index (χ1) is 15.5. The molecule has 9 nitrogen and oxygen atoms in total. The summed E-state index contributed by atoms with van der Waals surface area (Å²) in [5, 5.41) is 6.26. The lowest BCUT2D eigenvalue weighted by atomic mass is 9.82. The predicted octanol–water partition coefficient (Wildman–Crippen LogP) is 1.74. The van der Waals surface area contributed by atoms with Crippen LogP contribution in [0, 0.1) is 0 Å². The molecule has 3 aliphatic heterocycles. The fraction of sp³-hybridized carbons (Fsp3) is 0.565. The van der Waals surface area contributed by atoms with Gasteiger partial charge in [0, 0.05) is 57.1 Å². The van der Waals surface area contributed by atoms with Gasteiger partial charge in [-0.05, 0) is 38.9 Å². The molecule has 1 spiro atoms. The molecule has 0 bridgehead atoms. The summed E-state index contributed by atoms with van der Waals surface area (Å²) in [6.07, 6.45) is 5.51. The van der Waals surface area contributed by atoms with E-state index in [1.165, 1.54) is 0 Å². The van der Waals surface area contributed by atoms with E-state index in [-0.39, 0.29) is 5.91 Å². The summed E-state index contributed by atoms with van der Waals surface area (Å²) < 4.78 is 0. The van der Waals surface area contributed by atoms with Gasteiger partial charge in [0.15, 0.2) is 0 Å². The molecule has 2 N–H and O–H groups in total. The van der Waals surface area contributed by atoms with Gasteiger partial charge in [-0.1, -0.05) is 6.92 Å². The van der Waals surface area contributed by atoms with Crippen LogP contribution in [0.5, 0.6) is 0 Å². The van der Waals surface area contributed by atoms with Crippen LogP contribution in [-0.4, -0.2) is 78.1 Å². The number of hydrogen-bond acceptors (Lipinski definition) is 8. The van der Waals surface area contributed by atoms with Crippen LogP contribution in [0.3, 0.4) is 0 Å². The van der Waals surface area contributed by atoms with Gasteiger partial charge in [-0.2, -0.15) is 4.98 Å². The molecule has 170 valence electrons. The fourth-order valence-electron chi connectivity index (χ4n) is 4.93. The van der Waals surface area contributed by atoms with Crippen LogP contribution < -0.4 is 20.4 Å². The number of anilines is 4. The maximum absolute atomic E-state index is 12.7. The smallest absolute Gasteiger partial charge is 0.232 e. The third-order valence-electron chi connectivity index (χ3n) is 7.25. The second kappa shape index (κ2) is 8.20. The number of fused-ring (bicyclic) bond motifs is 2. The maximum atomic E-state index is 12.7. The Bertz CT molecular complexity index is 988. The molecule has 2 fully saturated rings. The standard InChI is InChI=1S/C23H32N8O/c1-4-16(2)31-15-23(7-8-24-21(23)32)18-14-26-22(28-20(18)31)27-19-6-5-17(13-25-19)30-11-9-29(3)10-12-30/h5-6,13-14,16H,4,7-12,15H2,1-3H3,(H,24,32)(H,25,26,27,28). The van der Waals surface area contributed by atoms with Gasteiger partial charge in [0.2, 0.25) is 11.9 Å². The van der Waals surface area contributed by atoms with Gasteiger partial charge >= 0.3 is 0 Å². The van der Waals surface area contributed by atoms with Gasteiger partial charge in [-0.25, -0.2) is 9.97 Å². The highest BCUT2D eigenvalue weighted by atomic mass is 16.2. The molecule has 2 saturated heterocycles. The quantitative estimate of drug-likeness (QED) is 0.733. The Morgan fingerprint density at radius 2 is 2.00 bits per heavy atom. The van der Waals surface area contributed by atoms with E-state index in [2.05, 4.69) is 62.3 Å². The molecule has 0 aliphatic carbocycles. The van der Waals surface area contributed by atoms with Gasteiger partial charge in [0.25, 0.3) is 0 Å². The Balaban J connectivity index is 1.37. The molecular weight excluding hydrogens is 404 g/mol. The molecule has 3 aliphatic rings. The Kier molecular flexibility index (Phi) is 5.36. The SMILES string of the molecule is CCC(C)N1CC2(CCNC2=O)c2cnc(Nc3ccc(N4CCN(C)CC4)cn3)nc21. The number of carbonyl (C=O) groups excluding carboxylic acids is 1. The van der Waals surface area contributed by atoms with E-state index < -0.39 is 5.41 Å². The highest BCUT2D eigenvalue weighted by molar-refractivity contribution is 5.94. The van der Waals surface area contributed by atoms with Crippen molar-refractivity contribution < 1.29 is 4.79 Å². The summed E-state index contributed by atoms with van der Waals surface area (Å²) in [4.78, 5) is 33.7. The molecule has 0 radical (unpaired) electrons. The van der Waals surface area contributed by atoms with Gasteiger partial charge < -0.3 is 25.3 Å². The normalized spacial score (nSPS) is 24.0. The minimum absolute atomic E-state index is 0.0926. The summed E-state index contributed by atoms with van der Waals surface area (Å²) in [5.74, 6) is 2.18. The third-order valence-corrected chi connectivity index (χ3v) is 7.25. The topological polar surface area (TPSA) is 89.5 Å². The predicted molar refractivity (Wildman–Crippen MR) is 126 cm³/mol. The summed E-state index contributed by atoms with van der Waals surface area (Å²) in [5.41, 5.74) is 1.55. The van der Waals surface area contributed by atoms with Crippen LogP contribution in [0.15, 0.2) is 24.5 Å². The lowest BCUT2D eigenvalue weighted by molar-refractivity contribution is -0.123. The Hall–Kier alpha value is -2.94. The van der Waals surface area contributed by atoms with Crippen molar-refractivity contribution in [3.8, 4) is 0 Å². The van der Waals surface area contributed by atoms with Crippen molar-refractivity contribution in [3.63, 3.8) is 0 Å². The highest BCUT2D eigenvalue weighted by Gasteiger charge is 2.53. The summed E-state index contributed by atoms with van der Waals surface area (Å²) in [6, 6.07) is 4.37. The Morgan fingerprint density at radius 3 is 2.66 bits per heavy atom. The molecule has 2 aromatic rings. The van der Waals surface area contributed by atoms with Crippen molar-refractivity contribution in [1.29, 1.82) is 0 Å². The van der Waals surface area contributed by atoms with E-state index >= 15 is 0 Å². The molecule has 0 aromatic carbocycles. The molecule has 5 heterocycles. The van der Waals surface area contributed by atoms with Crippen LogP contribution in [0.25, 0.3) is 0 Å². The number of carbonyl (C=O) groups is 1. The lowest BCUT2D eigenvalue weighted by Crippen LogP contribution is -2.44. The van der Waals surface area contributed by atoms with Crippen LogP contribution in [0.2, 0.25) is 0 Å². The van der Waals surface area contributed by atoms with Crippen LogP contribution in [-0.2, 0) is 10.2 Å². The molecular formula is C23H32N8O. The van der Waals surface area contributed by atoms with E-state index in [1.807, 2.05) is 18.5 Å². The zero-order valence-corrected chi connectivity index (χ0v) is 19.1. The van der Waals surface area contributed by atoms with E-state index in [9.17, 15) is 4.79 Å².